The first-order chi connectivity index (χ1) is 14.6. The smallest absolute Gasteiger partial charge is 0.410 e. The molecule has 168 valence electrons. The Morgan fingerprint density at radius 2 is 2.03 bits per heavy atom. The zero-order chi connectivity index (χ0) is 22.6. The summed E-state index contributed by atoms with van der Waals surface area (Å²) in [5, 5.41) is 0. The fourth-order valence-corrected chi connectivity index (χ4v) is 4.66. The van der Waals surface area contributed by atoms with Crippen molar-refractivity contribution in [2.75, 3.05) is 12.8 Å². The number of carbonyl (C=O) groups is 1. The van der Waals surface area contributed by atoms with Crippen LogP contribution in [-0.2, 0) is 21.2 Å². The lowest BCUT2D eigenvalue weighted by atomic mass is 9.93. The topological polar surface area (TPSA) is 88.6 Å². The predicted octanol–water partition coefficient (Wildman–Crippen LogP) is 3.36. The fraction of sp³-hybridized carbons (Fsp3) is 0.455. The van der Waals surface area contributed by atoms with Gasteiger partial charge in [0.2, 0.25) is 10.0 Å². The molecule has 2 aromatic rings. The summed E-state index contributed by atoms with van der Waals surface area (Å²) in [6.45, 7) is 4.02. The standard InChI is InChI=1S/C22H28FN3O4S/c1-15(2)30-22(27)26-12-6-11-20(25-31(3,28)29)21(26)14-18-9-5-10-19(24-18)16-7-4-8-17(23)13-16/h4-5,7-10,13,15,20-21,25H,6,11-12,14H2,1-3H3. The summed E-state index contributed by atoms with van der Waals surface area (Å²) < 4.78 is 45.5. The molecule has 31 heavy (non-hydrogen) atoms. The number of nitrogens with one attached hydrogen (secondary N) is 1. The molecule has 1 N–H and O–H groups in total. The summed E-state index contributed by atoms with van der Waals surface area (Å²) in [7, 11) is -3.47. The lowest BCUT2D eigenvalue weighted by Crippen LogP contribution is -2.58. The molecule has 2 atom stereocenters. The van der Waals surface area contributed by atoms with Gasteiger partial charge in [0.1, 0.15) is 5.82 Å². The first-order valence-corrected chi connectivity index (χ1v) is 12.2. The van der Waals surface area contributed by atoms with Crippen molar-refractivity contribution in [2.45, 2.75) is 51.3 Å². The van der Waals surface area contributed by atoms with Crippen molar-refractivity contribution in [1.29, 1.82) is 0 Å². The number of likely N-dealkylation sites (tertiary alicyclic amines) is 1. The van der Waals surface area contributed by atoms with Crippen molar-refractivity contribution < 1.29 is 22.3 Å². The highest BCUT2D eigenvalue weighted by molar-refractivity contribution is 7.88. The van der Waals surface area contributed by atoms with Crippen LogP contribution in [0.25, 0.3) is 11.3 Å². The van der Waals surface area contributed by atoms with Gasteiger partial charge in [-0.2, -0.15) is 0 Å². The molecule has 2 unspecified atom stereocenters. The summed E-state index contributed by atoms with van der Waals surface area (Å²) in [4.78, 5) is 18.9. The molecule has 7 nitrogen and oxygen atoms in total. The van der Waals surface area contributed by atoms with Gasteiger partial charge in [-0.3, -0.25) is 4.98 Å². The lowest BCUT2D eigenvalue weighted by molar-refractivity contribution is 0.0459. The molecule has 1 aliphatic heterocycles. The third-order valence-electron chi connectivity index (χ3n) is 5.06. The Bertz CT molecular complexity index is 1030. The minimum atomic E-state index is -3.47. The van der Waals surface area contributed by atoms with Crippen LogP contribution in [0, 0.1) is 5.82 Å². The van der Waals surface area contributed by atoms with Crippen LogP contribution in [0.2, 0.25) is 0 Å². The van der Waals surface area contributed by atoms with E-state index in [2.05, 4.69) is 9.71 Å². The van der Waals surface area contributed by atoms with Crippen LogP contribution in [-0.4, -0.2) is 55.4 Å². The number of ether oxygens (including phenoxy) is 1. The van der Waals surface area contributed by atoms with Crippen molar-refractivity contribution >= 4 is 16.1 Å². The number of halogens is 1. The van der Waals surface area contributed by atoms with E-state index in [1.165, 1.54) is 12.1 Å². The largest absolute Gasteiger partial charge is 0.447 e. The second-order valence-corrected chi connectivity index (χ2v) is 9.84. The molecular weight excluding hydrogens is 421 g/mol. The van der Waals surface area contributed by atoms with Gasteiger partial charge in [-0.15, -0.1) is 0 Å². The molecule has 1 amide bonds. The highest BCUT2D eigenvalue weighted by Crippen LogP contribution is 2.24. The van der Waals surface area contributed by atoms with E-state index >= 15 is 0 Å². The van der Waals surface area contributed by atoms with Crippen LogP contribution in [0.4, 0.5) is 9.18 Å². The number of aromatic nitrogens is 1. The van der Waals surface area contributed by atoms with E-state index in [9.17, 15) is 17.6 Å². The summed E-state index contributed by atoms with van der Waals surface area (Å²) in [5.74, 6) is -0.350. The van der Waals surface area contributed by atoms with Gasteiger partial charge in [-0.05, 0) is 51.0 Å². The molecule has 1 fully saturated rings. The van der Waals surface area contributed by atoms with E-state index in [-0.39, 0.29) is 11.9 Å². The maximum absolute atomic E-state index is 13.6. The molecule has 1 aromatic heterocycles. The van der Waals surface area contributed by atoms with Crippen LogP contribution in [0.3, 0.4) is 0 Å². The van der Waals surface area contributed by atoms with E-state index in [1.54, 1.807) is 36.9 Å². The molecule has 0 saturated carbocycles. The third kappa shape index (κ3) is 6.48. The highest BCUT2D eigenvalue weighted by atomic mass is 32.2. The zero-order valence-corrected chi connectivity index (χ0v) is 18.7. The molecule has 0 bridgehead atoms. The van der Waals surface area contributed by atoms with Gasteiger partial charge in [-0.1, -0.05) is 18.2 Å². The minimum absolute atomic E-state index is 0.286. The van der Waals surface area contributed by atoms with Gasteiger partial charge >= 0.3 is 6.09 Å². The summed E-state index contributed by atoms with van der Waals surface area (Å²) >= 11 is 0. The van der Waals surface area contributed by atoms with Crippen LogP contribution < -0.4 is 4.72 Å². The van der Waals surface area contributed by atoms with Crippen LogP contribution in [0.5, 0.6) is 0 Å². The molecule has 1 aromatic carbocycles. The number of sulfonamides is 1. The van der Waals surface area contributed by atoms with E-state index in [1.807, 2.05) is 12.1 Å². The van der Waals surface area contributed by atoms with E-state index < -0.39 is 28.2 Å². The number of amides is 1. The van der Waals surface area contributed by atoms with Crippen LogP contribution in [0.15, 0.2) is 42.5 Å². The van der Waals surface area contributed by atoms with Gasteiger partial charge < -0.3 is 9.64 Å². The Hall–Kier alpha value is -2.52. The molecule has 1 aliphatic rings. The minimum Gasteiger partial charge on any atom is -0.447 e. The summed E-state index contributed by atoms with van der Waals surface area (Å²) in [5.41, 5.74) is 1.93. The van der Waals surface area contributed by atoms with Gasteiger partial charge in [0.05, 0.1) is 24.1 Å². The second-order valence-electron chi connectivity index (χ2n) is 8.06. The average Bonchev–Trinajstić information content (AvgIpc) is 2.68. The number of hydrogen-bond donors (Lipinski definition) is 1. The molecule has 0 radical (unpaired) electrons. The van der Waals surface area contributed by atoms with E-state index in [4.69, 9.17) is 4.74 Å². The lowest BCUT2D eigenvalue weighted by Gasteiger charge is -2.40. The van der Waals surface area contributed by atoms with Crippen molar-refractivity contribution in [1.82, 2.24) is 14.6 Å². The number of benzene rings is 1. The highest BCUT2D eigenvalue weighted by Gasteiger charge is 2.37. The van der Waals surface area contributed by atoms with E-state index in [0.717, 1.165) is 6.26 Å². The number of pyridine rings is 1. The zero-order valence-electron chi connectivity index (χ0n) is 17.9. The summed E-state index contributed by atoms with van der Waals surface area (Å²) in [6, 6.07) is 10.7. The number of rotatable bonds is 6. The molecule has 1 saturated heterocycles. The monoisotopic (exact) mass is 449 g/mol. The predicted molar refractivity (Wildman–Crippen MR) is 116 cm³/mol. The Labute approximate surface area is 182 Å². The Morgan fingerprint density at radius 1 is 1.29 bits per heavy atom. The first-order valence-electron chi connectivity index (χ1n) is 10.3. The molecule has 3 rings (SSSR count). The molecule has 2 heterocycles. The Balaban J connectivity index is 1.90. The van der Waals surface area contributed by atoms with Crippen LogP contribution in [0.1, 0.15) is 32.4 Å². The average molecular weight is 450 g/mol. The van der Waals surface area contributed by atoms with Gasteiger partial charge in [0, 0.05) is 30.3 Å². The third-order valence-corrected chi connectivity index (χ3v) is 5.79. The van der Waals surface area contributed by atoms with Crippen molar-refractivity contribution in [3.05, 3.63) is 54.0 Å². The molecular formula is C22H28FN3O4S. The molecule has 0 spiro atoms. The van der Waals surface area contributed by atoms with Crippen molar-refractivity contribution in [3.8, 4) is 11.3 Å². The van der Waals surface area contributed by atoms with E-state index in [0.29, 0.717) is 42.8 Å². The second kappa shape index (κ2) is 9.74. The summed E-state index contributed by atoms with van der Waals surface area (Å²) in [6.07, 6.45) is 1.95. The normalized spacial score (nSPS) is 19.5. The first kappa shape index (κ1) is 23.1. The fourth-order valence-electron chi connectivity index (χ4n) is 3.83. The quantitative estimate of drug-likeness (QED) is 0.731. The number of carbonyl (C=O) groups excluding carboxylic acids is 1. The maximum Gasteiger partial charge on any atom is 0.410 e. The molecule has 9 heteroatoms. The van der Waals surface area contributed by atoms with Gasteiger partial charge in [0.15, 0.2) is 0 Å². The SMILES string of the molecule is CC(C)OC(=O)N1CCCC(NS(C)(=O)=O)C1Cc1cccc(-c2cccc(F)c2)n1. The Morgan fingerprint density at radius 3 is 2.71 bits per heavy atom. The van der Waals surface area contributed by atoms with Crippen molar-refractivity contribution in [3.63, 3.8) is 0 Å². The number of piperidine rings is 1. The number of nitrogens with zero attached hydrogens (tertiary/aromatic N) is 2. The van der Waals surface area contributed by atoms with Gasteiger partial charge in [0.25, 0.3) is 0 Å². The maximum atomic E-state index is 13.6. The number of hydrogen-bond acceptors (Lipinski definition) is 5. The van der Waals surface area contributed by atoms with Gasteiger partial charge in [-0.25, -0.2) is 22.3 Å². The molecule has 0 aliphatic carbocycles. The van der Waals surface area contributed by atoms with Crippen LogP contribution >= 0.6 is 0 Å². The Kier molecular flexibility index (Phi) is 7.27. The van der Waals surface area contributed by atoms with Crippen molar-refractivity contribution in [2.24, 2.45) is 0 Å².